The summed E-state index contributed by atoms with van der Waals surface area (Å²) >= 11 is 0. The van der Waals surface area contributed by atoms with Crippen LogP contribution in [0.5, 0.6) is 0 Å². The van der Waals surface area contributed by atoms with E-state index in [9.17, 15) is 0 Å². The lowest BCUT2D eigenvalue weighted by molar-refractivity contribution is 0.569. The molecule has 0 fully saturated rings. The van der Waals surface area contributed by atoms with Crippen LogP contribution in [-0.2, 0) is 5.41 Å². The molecule has 0 saturated heterocycles. The Bertz CT molecular complexity index is 864. The molecule has 1 aromatic heterocycles. The van der Waals surface area contributed by atoms with E-state index in [1.807, 2.05) is 6.07 Å². The standard InChI is InChI=1S/C18H20O/c1-11-6-9-15-14(10-11)13-8-7-12(2)16(17(13)19-15)18(3,4)5/h6-10H,1-5H3/i1D3. The highest BCUT2D eigenvalue weighted by atomic mass is 16.3. The molecule has 3 aromatic rings. The van der Waals surface area contributed by atoms with Crippen molar-refractivity contribution in [2.24, 2.45) is 0 Å². The summed E-state index contributed by atoms with van der Waals surface area (Å²) in [5.41, 5.74) is 4.28. The van der Waals surface area contributed by atoms with Crippen LogP contribution in [0.3, 0.4) is 0 Å². The van der Waals surface area contributed by atoms with Gasteiger partial charge in [0.25, 0.3) is 0 Å². The maximum absolute atomic E-state index is 7.59. The first-order chi connectivity index (χ1) is 10.1. The third-order valence-corrected chi connectivity index (χ3v) is 3.60. The van der Waals surface area contributed by atoms with Crippen LogP contribution in [0.4, 0.5) is 0 Å². The van der Waals surface area contributed by atoms with Crippen LogP contribution in [0, 0.1) is 13.8 Å². The summed E-state index contributed by atoms with van der Waals surface area (Å²) in [6.45, 7) is 6.47. The fourth-order valence-electron chi connectivity index (χ4n) is 2.87. The smallest absolute Gasteiger partial charge is 0.139 e. The Morgan fingerprint density at radius 1 is 1.05 bits per heavy atom. The van der Waals surface area contributed by atoms with Crippen LogP contribution in [0.1, 0.15) is 41.6 Å². The van der Waals surface area contributed by atoms with E-state index in [0.29, 0.717) is 5.56 Å². The second kappa shape index (κ2) is 3.86. The Hall–Kier alpha value is -1.76. The van der Waals surface area contributed by atoms with Gasteiger partial charge < -0.3 is 4.42 Å². The lowest BCUT2D eigenvalue weighted by Gasteiger charge is -2.21. The van der Waals surface area contributed by atoms with E-state index < -0.39 is 6.85 Å². The van der Waals surface area contributed by atoms with E-state index in [1.54, 1.807) is 18.2 Å². The molecule has 1 nitrogen and oxygen atoms in total. The number of benzene rings is 2. The van der Waals surface area contributed by atoms with Crippen molar-refractivity contribution in [3.8, 4) is 0 Å². The van der Waals surface area contributed by atoms with Gasteiger partial charge in [0, 0.05) is 20.4 Å². The molecule has 19 heavy (non-hydrogen) atoms. The molecular formula is C18H20O. The molecule has 0 spiro atoms. The highest BCUT2D eigenvalue weighted by Gasteiger charge is 2.22. The number of furan rings is 1. The zero-order valence-corrected chi connectivity index (χ0v) is 11.8. The summed E-state index contributed by atoms with van der Waals surface area (Å²) in [6.07, 6.45) is 0. The third-order valence-electron chi connectivity index (χ3n) is 3.60. The van der Waals surface area contributed by atoms with Gasteiger partial charge in [0.15, 0.2) is 0 Å². The van der Waals surface area contributed by atoms with Crippen molar-refractivity contribution >= 4 is 21.9 Å². The summed E-state index contributed by atoms with van der Waals surface area (Å²) in [4.78, 5) is 0. The van der Waals surface area contributed by atoms with E-state index in [4.69, 9.17) is 8.53 Å². The Kier molecular flexibility index (Phi) is 1.87. The van der Waals surface area contributed by atoms with Crippen LogP contribution in [0.2, 0.25) is 0 Å². The van der Waals surface area contributed by atoms with Crippen molar-refractivity contribution in [3.05, 3.63) is 47.0 Å². The fourth-order valence-corrected chi connectivity index (χ4v) is 2.87. The number of rotatable bonds is 0. The predicted molar refractivity (Wildman–Crippen MR) is 81.9 cm³/mol. The molecular weight excluding hydrogens is 232 g/mol. The first-order valence-electron chi connectivity index (χ1n) is 8.06. The van der Waals surface area contributed by atoms with Gasteiger partial charge in [-0.05, 0) is 36.9 Å². The van der Waals surface area contributed by atoms with Crippen molar-refractivity contribution in [2.45, 2.75) is 40.0 Å². The highest BCUT2D eigenvalue weighted by molar-refractivity contribution is 6.06. The predicted octanol–water partition coefficient (Wildman–Crippen LogP) is 5.50. The van der Waals surface area contributed by atoms with Crippen LogP contribution in [0.25, 0.3) is 21.9 Å². The third kappa shape index (κ3) is 1.85. The van der Waals surface area contributed by atoms with Gasteiger partial charge in [0.1, 0.15) is 11.2 Å². The van der Waals surface area contributed by atoms with Crippen molar-refractivity contribution in [2.75, 3.05) is 0 Å². The Balaban J connectivity index is 2.41. The minimum absolute atomic E-state index is 0.0374. The molecule has 98 valence electrons. The minimum Gasteiger partial charge on any atom is -0.456 e. The second-order valence-electron chi connectivity index (χ2n) is 6.20. The molecule has 0 aliphatic heterocycles. The molecule has 0 aliphatic carbocycles. The van der Waals surface area contributed by atoms with Crippen molar-refractivity contribution in [1.82, 2.24) is 0 Å². The lowest BCUT2D eigenvalue weighted by Crippen LogP contribution is -2.13. The van der Waals surface area contributed by atoms with Crippen LogP contribution < -0.4 is 0 Å². The number of aryl methyl sites for hydroxylation is 2. The Labute approximate surface area is 118 Å². The molecule has 0 amide bonds. The van der Waals surface area contributed by atoms with Crippen LogP contribution in [-0.4, -0.2) is 0 Å². The SMILES string of the molecule is [2H]C([2H])([2H])c1ccc2oc3c(C(C)(C)C)c(C)ccc3c2c1. The number of hydrogen-bond donors (Lipinski definition) is 0. The molecule has 0 aliphatic rings. The lowest BCUT2D eigenvalue weighted by atomic mass is 9.83. The van der Waals surface area contributed by atoms with Gasteiger partial charge in [-0.15, -0.1) is 0 Å². The van der Waals surface area contributed by atoms with E-state index in [0.717, 1.165) is 21.9 Å². The topological polar surface area (TPSA) is 13.1 Å². The monoisotopic (exact) mass is 255 g/mol. The highest BCUT2D eigenvalue weighted by Crippen LogP contribution is 2.38. The molecule has 0 saturated carbocycles. The van der Waals surface area contributed by atoms with E-state index in [2.05, 4.69) is 33.8 Å². The number of hydrogen-bond acceptors (Lipinski definition) is 1. The summed E-state index contributed by atoms with van der Waals surface area (Å²) in [6, 6.07) is 9.23. The summed E-state index contributed by atoms with van der Waals surface area (Å²) in [7, 11) is 0. The summed E-state index contributed by atoms with van der Waals surface area (Å²) in [5, 5.41) is 1.85. The van der Waals surface area contributed by atoms with Crippen molar-refractivity contribution in [1.29, 1.82) is 0 Å². The average molecular weight is 255 g/mol. The maximum atomic E-state index is 7.59. The van der Waals surface area contributed by atoms with E-state index >= 15 is 0 Å². The first kappa shape index (κ1) is 9.19. The van der Waals surface area contributed by atoms with Gasteiger partial charge in [-0.25, -0.2) is 0 Å². The minimum atomic E-state index is -2.10. The van der Waals surface area contributed by atoms with Gasteiger partial charge in [-0.2, -0.15) is 0 Å². The summed E-state index contributed by atoms with van der Waals surface area (Å²) in [5.74, 6) is 0. The molecule has 1 heterocycles. The van der Waals surface area contributed by atoms with Gasteiger partial charge in [-0.1, -0.05) is 44.5 Å². The molecule has 3 rings (SSSR count). The van der Waals surface area contributed by atoms with Gasteiger partial charge in [0.05, 0.1) is 0 Å². The Morgan fingerprint density at radius 3 is 2.53 bits per heavy atom. The Morgan fingerprint density at radius 2 is 1.84 bits per heavy atom. The fraction of sp³-hybridized carbons (Fsp3) is 0.333. The molecule has 0 bridgehead atoms. The van der Waals surface area contributed by atoms with Crippen molar-refractivity contribution < 1.29 is 8.53 Å². The van der Waals surface area contributed by atoms with Crippen LogP contribution >= 0.6 is 0 Å². The van der Waals surface area contributed by atoms with E-state index in [-0.39, 0.29) is 5.41 Å². The zero-order valence-electron chi connectivity index (χ0n) is 14.8. The first-order valence-corrected chi connectivity index (χ1v) is 6.56. The molecule has 0 N–H and O–H groups in total. The molecule has 0 unspecified atom stereocenters. The number of fused-ring (bicyclic) bond motifs is 3. The van der Waals surface area contributed by atoms with E-state index in [1.165, 1.54) is 11.1 Å². The second-order valence-corrected chi connectivity index (χ2v) is 6.20. The van der Waals surface area contributed by atoms with Gasteiger partial charge in [0.2, 0.25) is 0 Å². The molecule has 0 atom stereocenters. The molecule has 2 aromatic carbocycles. The zero-order chi connectivity index (χ0) is 16.3. The normalized spacial score (nSPS) is 15.5. The maximum Gasteiger partial charge on any atom is 0.139 e. The quantitative estimate of drug-likeness (QED) is 0.517. The average Bonchev–Trinajstić information content (AvgIpc) is 2.72. The van der Waals surface area contributed by atoms with Gasteiger partial charge >= 0.3 is 0 Å². The molecule has 1 heteroatoms. The van der Waals surface area contributed by atoms with Gasteiger partial charge in [-0.3, -0.25) is 0 Å². The molecule has 0 radical (unpaired) electrons. The van der Waals surface area contributed by atoms with Crippen LogP contribution in [0.15, 0.2) is 34.7 Å². The largest absolute Gasteiger partial charge is 0.456 e. The summed E-state index contributed by atoms with van der Waals surface area (Å²) < 4.78 is 28.8. The van der Waals surface area contributed by atoms with Crippen molar-refractivity contribution in [3.63, 3.8) is 0 Å².